The number of nitrogens with zero attached hydrogens (tertiary/aromatic N) is 4. The van der Waals surface area contributed by atoms with Gasteiger partial charge in [0, 0.05) is 35.4 Å². The van der Waals surface area contributed by atoms with Gasteiger partial charge >= 0.3 is 0 Å². The Bertz CT molecular complexity index is 1180. The average molecular weight is 445 g/mol. The molecule has 2 aromatic heterocycles. The van der Waals surface area contributed by atoms with Crippen molar-refractivity contribution < 1.29 is 9.59 Å². The number of carbonyl (C=O) groups is 2. The molecule has 0 radical (unpaired) electrons. The lowest BCUT2D eigenvalue weighted by Crippen LogP contribution is -2.42. The molecule has 1 aliphatic carbocycles. The highest BCUT2D eigenvalue weighted by molar-refractivity contribution is 6.05. The molecule has 0 bridgehead atoms. The molecule has 8 nitrogen and oxygen atoms in total. The molecule has 8 heteroatoms. The van der Waals surface area contributed by atoms with Crippen LogP contribution in [0.15, 0.2) is 55.4 Å². The lowest BCUT2D eigenvalue weighted by molar-refractivity contribution is -0.111. The van der Waals surface area contributed by atoms with E-state index in [9.17, 15) is 9.59 Å². The molecule has 1 aliphatic rings. The summed E-state index contributed by atoms with van der Waals surface area (Å²) in [4.78, 5) is 40.1. The molecule has 33 heavy (non-hydrogen) atoms. The maximum absolute atomic E-state index is 12.9. The predicted octanol–water partition coefficient (Wildman–Crippen LogP) is 3.42. The van der Waals surface area contributed by atoms with Gasteiger partial charge in [0.15, 0.2) is 5.82 Å². The summed E-state index contributed by atoms with van der Waals surface area (Å²) >= 11 is 0. The van der Waals surface area contributed by atoms with Crippen molar-refractivity contribution in [3.8, 4) is 11.4 Å². The molecule has 4 rings (SSSR count). The van der Waals surface area contributed by atoms with Crippen molar-refractivity contribution >= 4 is 28.4 Å². The molecule has 1 saturated carbocycles. The van der Waals surface area contributed by atoms with Crippen molar-refractivity contribution in [1.29, 1.82) is 0 Å². The Kier molecular flexibility index (Phi) is 6.74. The molecular formula is C25H28N6O2. The number of fused-ring (bicyclic) bond motifs is 1. The van der Waals surface area contributed by atoms with Crippen LogP contribution in [0.5, 0.6) is 0 Å². The normalized spacial score (nSPS) is 18.2. The molecule has 0 spiro atoms. The number of carbonyl (C=O) groups excluding carboxylic acids is 2. The van der Waals surface area contributed by atoms with E-state index in [1.807, 2.05) is 18.2 Å². The van der Waals surface area contributed by atoms with E-state index in [1.165, 1.54) is 6.08 Å². The molecule has 0 unspecified atom stereocenters. The number of benzene rings is 1. The largest absolute Gasteiger partial charge is 0.348 e. The maximum atomic E-state index is 12.9. The minimum absolute atomic E-state index is 0.162. The number of anilines is 1. The van der Waals surface area contributed by atoms with Crippen molar-refractivity contribution in [2.24, 2.45) is 0 Å². The number of amides is 2. The van der Waals surface area contributed by atoms with E-state index in [2.05, 4.69) is 51.2 Å². The van der Waals surface area contributed by atoms with E-state index in [1.54, 1.807) is 24.5 Å². The number of hydrogen-bond donors (Lipinski definition) is 2. The summed E-state index contributed by atoms with van der Waals surface area (Å²) in [7, 11) is 4.20. The topological polar surface area (TPSA) is 100 Å². The Morgan fingerprint density at radius 3 is 2.55 bits per heavy atom. The summed E-state index contributed by atoms with van der Waals surface area (Å²) in [6, 6.07) is 9.65. The number of pyridine rings is 1. The molecule has 3 aromatic rings. The molecular weight excluding hydrogens is 416 g/mol. The second-order valence-electron chi connectivity index (χ2n) is 8.49. The Balaban J connectivity index is 1.53. The fraction of sp³-hybridized carbons (Fsp3) is 0.320. The number of hydrogen-bond acceptors (Lipinski definition) is 6. The van der Waals surface area contributed by atoms with Crippen molar-refractivity contribution in [3.05, 3.63) is 61.1 Å². The maximum Gasteiger partial charge on any atom is 0.270 e. The lowest BCUT2D eigenvalue weighted by Gasteiger charge is -2.32. The van der Waals surface area contributed by atoms with Crippen molar-refractivity contribution in [1.82, 2.24) is 25.2 Å². The zero-order valence-electron chi connectivity index (χ0n) is 18.9. The van der Waals surface area contributed by atoms with Crippen LogP contribution >= 0.6 is 0 Å². The monoisotopic (exact) mass is 444 g/mol. The lowest BCUT2D eigenvalue weighted by atomic mass is 9.90. The number of aromatic nitrogens is 3. The Morgan fingerprint density at radius 1 is 1.06 bits per heavy atom. The third-order valence-corrected chi connectivity index (χ3v) is 6.09. The number of rotatable bonds is 6. The summed E-state index contributed by atoms with van der Waals surface area (Å²) in [5.41, 5.74) is 2.41. The molecule has 170 valence electrons. The molecule has 1 fully saturated rings. The summed E-state index contributed by atoms with van der Waals surface area (Å²) in [5, 5.41) is 6.67. The number of nitrogens with one attached hydrogen (secondary N) is 2. The summed E-state index contributed by atoms with van der Waals surface area (Å²) in [6.45, 7) is 3.49. The summed E-state index contributed by atoms with van der Waals surface area (Å²) in [5.74, 6) is -0.0542. The first kappa shape index (κ1) is 22.5. The second kappa shape index (κ2) is 9.87. The third-order valence-electron chi connectivity index (χ3n) is 6.09. The van der Waals surface area contributed by atoms with E-state index in [4.69, 9.17) is 0 Å². The highest BCUT2D eigenvalue weighted by Gasteiger charge is 2.24. The first-order valence-corrected chi connectivity index (χ1v) is 11.1. The Hall–Kier alpha value is -3.65. The van der Waals surface area contributed by atoms with Gasteiger partial charge in [0.2, 0.25) is 5.91 Å². The van der Waals surface area contributed by atoms with Crippen LogP contribution in [0.25, 0.3) is 22.3 Å². The summed E-state index contributed by atoms with van der Waals surface area (Å²) < 4.78 is 0. The standard InChI is InChI=1S/C25H28N6O2/c1-4-23(32)29-21-11-13-26-20-10-5-16(15-19(20)21)24-27-14-12-22(30-24)25(33)28-17-6-8-18(9-7-17)31(2)3/h4-5,10-15,17-18H,1,6-9H2,2-3H3,(H,28,33)(H,26,29,32)/t17-,18+. The first-order valence-electron chi connectivity index (χ1n) is 11.1. The summed E-state index contributed by atoms with van der Waals surface area (Å²) in [6.07, 6.45) is 8.51. The van der Waals surface area contributed by atoms with Crippen LogP contribution in [0.4, 0.5) is 5.69 Å². The smallest absolute Gasteiger partial charge is 0.270 e. The van der Waals surface area contributed by atoms with E-state index >= 15 is 0 Å². The van der Waals surface area contributed by atoms with Crippen molar-refractivity contribution in [2.45, 2.75) is 37.8 Å². The van der Waals surface area contributed by atoms with Crippen molar-refractivity contribution in [2.75, 3.05) is 19.4 Å². The Morgan fingerprint density at radius 2 is 1.82 bits per heavy atom. The molecule has 1 aromatic carbocycles. The van der Waals surface area contributed by atoms with Gasteiger partial charge < -0.3 is 15.5 Å². The molecule has 0 aliphatic heterocycles. The van der Waals surface area contributed by atoms with Gasteiger partial charge in [-0.25, -0.2) is 9.97 Å². The fourth-order valence-corrected chi connectivity index (χ4v) is 4.20. The highest BCUT2D eigenvalue weighted by atomic mass is 16.2. The van der Waals surface area contributed by atoms with Crippen LogP contribution in [0.3, 0.4) is 0 Å². The Labute approximate surface area is 193 Å². The van der Waals surface area contributed by atoms with Gasteiger partial charge in [-0.3, -0.25) is 14.6 Å². The minimum Gasteiger partial charge on any atom is -0.348 e. The fourth-order valence-electron chi connectivity index (χ4n) is 4.20. The minimum atomic E-state index is -0.303. The molecule has 0 atom stereocenters. The van der Waals surface area contributed by atoms with Gasteiger partial charge in [0.25, 0.3) is 5.91 Å². The first-order chi connectivity index (χ1) is 15.9. The zero-order chi connectivity index (χ0) is 23.4. The third kappa shape index (κ3) is 5.23. The van der Waals surface area contributed by atoms with Crippen LogP contribution < -0.4 is 10.6 Å². The van der Waals surface area contributed by atoms with E-state index in [-0.39, 0.29) is 17.9 Å². The molecule has 0 saturated heterocycles. The predicted molar refractivity (Wildman–Crippen MR) is 129 cm³/mol. The highest BCUT2D eigenvalue weighted by Crippen LogP contribution is 2.27. The molecule has 2 amide bonds. The van der Waals surface area contributed by atoms with Gasteiger partial charge in [0.1, 0.15) is 5.69 Å². The van der Waals surface area contributed by atoms with Crippen LogP contribution in [0.2, 0.25) is 0 Å². The quantitative estimate of drug-likeness (QED) is 0.565. The van der Waals surface area contributed by atoms with Crippen LogP contribution in [-0.4, -0.2) is 57.8 Å². The van der Waals surface area contributed by atoms with Gasteiger partial charge in [-0.15, -0.1) is 0 Å². The van der Waals surface area contributed by atoms with Gasteiger partial charge in [-0.05, 0) is 76.2 Å². The molecule has 2 heterocycles. The van der Waals surface area contributed by atoms with Gasteiger partial charge in [-0.2, -0.15) is 0 Å². The van der Waals surface area contributed by atoms with Crippen LogP contribution in [-0.2, 0) is 4.79 Å². The van der Waals surface area contributed by atoms with Crippen LogP contribution in [0, 0.1) is 0 Å². The van der Waals surface area contributed by atoms with Gasteiger partial charge in [0.05, 0.1) is 11.2 Å². The van der Waals surface area contributed by atoms with E-state index < -0.39 is 0 Å². The molecule has 2 N–H and O–H groups in total. The second-order valence-corrected chi connectivity index (χ2v) is 8.49. The average Bonchev–Trinajstić information content (AvgIpc) is 2.84. The van der Waals surface area contributed by atoms with E-state index in [0.717, 1.165) is 42.1 Å². The SMILES string of the molecule is C=CC(=O)Nc1ccnc2ccc(-c3nccc(C(=O)N[C@H]4CC[C@@H](N(C)C)CC4)n3)cc12. The van der Waals surface area contributed by atoms with E-state index in [0.29, 0.717) is 23.2 Å². The van der Waals surface area contributed by atoms with Crippen molar-refractivity contribution in [3.63, 3.8) is 0 Å². The van der Waals surface area contributed by atoms with Gasteiger partial charge in [-0.1, -0.05) is 6.58 Å². The van der Waals surface area contributed by atoms with Crippen LogP contribution in [0.1, 0.15) is 36.2 Å². The zero-order valence-corrected chi connectivity index (χ0v) is 18.9.